The lowest BCUT2D eigenvalue weighted by Crippen LogP contribution is -2.20. The van der Waals surface area contributed by atoms with Gasteiger partial charge in [-0.15, -0.1) is 0 Å². The Morgan fingerprint density at radius 3 is 2.65 bits per heavy atom. The predicted molar refractivity (Wildman–Crippen MR) is 95.6 cm³/mol. The molecule has 2 aliphatic rings. The van der Waals surface area contributed by atoms with Crippen molar-refractivity contribution in [1.82, 2.24) is 0 Å². The van der Waals surface area contributed by atoms with Crippen molar-refractivity contribution in [2.24, 2.45) is 5.41 Å². The third kappa shape index (κ3) is 2.38. The molecule has 1 N–H and O–H groups in total. The standard InChI is InChI=1S/C17H19IOS/c1-11-14-8-13(19)9-17(14,2)10-15(20-18)16(11)12-6-4-3-5-7-12/h3-7,13,19H,8-10H2,1-2H3/t13-,17+/m0/s1. The van der Waals surface area contributed by atoms with Crippen LogP contribution < -0.4 is 0 Å². The monoisotopic (exact) mass is 398 g/mol. The predicted octanol–water partition coefficient (Wildman–Crippen LogP) is 5.36. The second-order valence-corrected chi connectivity index (χ2v) is 8.11. The Morgan fingerprint density at radius 2 is 2.00 bits per heavy atom. The minimum absolute atomic E-state index is 0.162. The van der Waals surface area contributed by atoms with Crippen molar-refractivity contribution in [3.63, 3.8) is 0 Å². The van der Waals surface area contributed by atoms with Gasteiger partial charge in [-0.25, -0.2) is 0 Å². The Labute approximate surface area is 137 Å². The molecule has 106 valence electrons. The van der Waals surface area contributed by atoms with Crippen LogP contribution in [0.2, 0.25) is 0 Å². The largest absolute Gasteiger partial charge is 0.393 e. The summed E-state index contributed by atoms with van der Waals surface area (Å²) in [5.74, 6) is 0. The quantitative estimate of drug-likeness (QED) is 0.677. The lowest BCUT2D eigenvalue weighted by atomic mass is 9.72. The lowest BCUT2D eigenvalue weighted by Gasteiger charge is -2.35. The molecule has 1 aromatic rings. The molecule has 20 heavy (non-hydrogen) atoms. The summed E-state index contributed by atoms with van der Waals surface area (Å²) in [5, 5.41) is 10.1. The molecule has 0 heterocycles. The van der Waals surface area contributed by atoms with Crippen molar-refractivity contribution in [3.8, 4) is 0 Å². The number of aliphatic hydroxyl groups is 1. The Hall–Kier alpha value is -0.260. The molecule has 3 heteroatoms. The highest BCUT2D eigenvalue weighted by atomic mass is 127. The third-order valence-corrected chi connectivity index (χ3v) is 6.80. The summed E-state index contributed by atoms with van der Waals surface area (Å²) in [7, 11) is 1.83. The van der Waals surface area contributed by atoms with Crippen molar-refractivity contribution in [2.75, 3.05) is 0 Å². The molecule has 2 atom stereocenters. The van der Waals surface area contributed by atoms with Crippen molar-refractivity contribution in [3.05, 3.63) is 51.9 Å². The zero-order chi connectivity index (χ0) is 14.3. The van der Waals surface area contributed by atoms with E-state index in [1.54, 1.807) is 0 Å². The van der Waals surface area contributed by atoms with Crippen LogP contribution in [0, 0.1) is 5.41 Å². The van der Waals surface area contributed by atoms with Gasteiger partial charge in [0.25, 0.3) is 0 Å². The van der Waals surface area contributed by atoms with E-state index in [1.165, 1.54) is 27.2 Å². The summed E-state index contributed by atoms with van der Waals surface area (Å²) in [5.41, 5.74) is 5.72. The van der Waals surface area contributed by atoms with E-state index in [0.29, 0.717) is 0 Å². The maximum absolute atomic E-state index is 10.1. The molecule has 1 aromatic carbocycles. The topological polar surface area (TPSA) is 20.2 Å². The maximum atomic E-state index is 10.1. The van der Waals surface area contributed by atoms with E-state index in [0.717, 1.165) is 19.3 Å². The first-order chi connectivity index (χ1) is 9.55. The van der Waals surface area contributed by atoms with Gasteiger partial charge < -0.3 is 5.11 Å². The van der Waals surface area contributed by atoms with Crippen molar-refractivity contribution >= 4 is 35.7 Å². The van der Waals surface area contributed by atoms with E-state index in [-0.39, 0.29) is 11.5 Å². The Balaban J connectivity index is 2.15. The summed E-state index contributed by atoms with van der Waals surface area (Å²) in [6.07, 6.45) is 2.65. The number of allylic oxidation sites excluding steroid dienone is 3. The smallest absolute Gasteiger partial charge is 0.0586 e. The van der Waals surface area contributed by atoms with Crippen molar-refractivity contribution in [1.29, 1.82) is 0 Å². The summed E-state index contributed by atoms with van der Waals surface area (Å²) >= 11 is 2.40. The summed E-state index contributed by atoms with van der Waals surface area (Å²) < 4.78 is 0. The van der Waals surface area contributed by atoms with Crippen LogP contribution in [0.1, 0.15) is 38.7 Å². The molecular formula is C17H19IOS. The molecule has 0 aromatic heterocycles. The first kappa shape index (κ1) is 14.7. The molecule has 0 radical (unpaired) electrons. The molecule has 0 saturated heterocycles. The SMILES string of the molecule is CC1=C2C[C@H](O)C[C@]2(C)CC(SI)=C1c1ccccc1. The summed E-state index contributed by atoms with van der Waals surface area (Å²) in [6, 6.07) is 10.7. The van der Waals surface area contributed by atoms with Gasteiger partial charge in [0.05, 0.1) is 6.10 Å². The number of fused-ring (bicyclic) bond motifs is 1. The van der Waals surface area contributed by atoms with E-state index >= 15 is 0 Å². The minimum Gasteiger partial charge on any atom is -0.393 e. The molecule has 2 aliphatic carbocycles. The summed E-state index contributed by atoms with van der Waals surface area (Å²) in [4.78, 5) is 1.45. The van der Waals surface area contributed by atoms with E-state index in [9.17, 15) is 5.11 Å². The molecule has 0 unspecified atom stereocenters. The molecule has 3 rings (SSSR count). The number of halogens is 1. The Morgan fingerprint density at radius 1 is 1.30 bits per heavy atom. The van der Waals surface area contributed by atoms with Crippen LogP contribution in [0.15, 0.2) is 46.4 Å². The average molecular weight is 398 g/mol. The second kappa shape index (κ2) is 5.50. The van der Waals surface area contributed by atoms with Crippen LogP contribution in [-0.2, 0) is 0 Å². The van der Waals surface area contributed by atoms with Crippen LogP contribution in [0.25, 0.3) is 5.57 Å². The highest BCUT2D eigenvalue weighted by Gasteiger charge is 2.43. The van der Waals surface area contributed by atoms with Gasteiger partial charge in [-0.1, -0.05) is 51.8 Å². The normalized spacial score (nSPS) is 29.9. The first-order valence-electron chi connectivity index (χ1n) is 7.01. The van der Waals surface area contributed by atoms with Crippen LogP contribution in [0.5, 0.6) is 0 Å². The van der Waals surface area contributed by atoms with Crippen LogP contribution in [0.4, 0.5) is 0 Å². The first-order valence-corrected chi connectivity index (χ1v) is 10.4. The Kier molecular flexibility index (Phi) is 4.04. The van der Waals surface area contributed by atoms with Gasteiger partial charge in [-0.3, -0.25) is 0 Å². The fourth-order valence-electron chi connectivity index (χ4n) is 3.83. The lowest BCUT2D eigenvalue weighted by molar-refractivity contribution is 0.164. The maximum Gasteiger partial charge on any atom is 0.0586 e. The average Bonchev–Trinajstić information content (AvgIpc) is 2.74. The number of aliphatic hydroxyl groups excluding tert-OH is 1. The van der Waals surface area contributed by atoms with Gasteiger partial charge in [0.15, 0.2) is 0 Å². The van der Waals surface area contributed by atoms with Crippen LogP contribution in [0.3, 0.4) is 0 Å². The fraction of sp³-hybridized carbons (Fsp3) is 0.412. The van der Waals surface area contributed by atoms with Gasteiger partial charge >= 0.3 is 0 Å². The molecular weight excluding hydrogens is 379 g/mol. The molecule has 0 spiro atoms. The highest BCUT2D eigenvalue weighted by Crippen LogP contribution is 2.57. The third-order valence-electron chi connectivity index (χ3n) is 4.67. The van der Waals surface area contributed by atoms with Gasteiger partial charge in [-0.2, -0.15) is 0 Å². The van der Waals surface area contributed by atoms with Crippen LogP contribution >= 0.6 is 30.1 Å². The van der Waals surface area contributed by atoms with E-state index in [4.69, 9.17) is 0 Å². The zero-order valence-corrected chi connectivity index (χ0v) is 14.8. The van der Waals surface area contributed by atoms with E-state index in [1.807, 2.05) is 8.93 Å². The molecule has 1 saturated carbocycles. The van der Waals surface area contributed by atoms with E-state index < -0.39 is 0 Å². The highest BCUT2D eigenvalue weighted by molar-refractivity contribution is 14.2. The molecule has 0 bridgehead atoms. The zero-order valence-electron chi connectivity index (χ0n) is 11.8. The molecule has 1 nitrogen and oxygen atoms in total. The fourth-order valence-corrected chi connectivity index (χ4v) is 5.68. The molecule has 0 aliphatic heterocycles. The van der Waals surface area contributed by atoms with Gasteiger partial charge in [0, 0.05) is 26.1 Å². The number of rotatable bonds is 2. The number of hydrogen-bond acceptors (Lipinski definition) is 2. The van der Waals surface area contributed by atoms with Crippen molar-refractivity contribution in [2.45, 2.75) is 39.2 Å². The molecule has 0 amide bonds. The van der Waals surface area contributed by atoms with Gasteiger partial charge in [-0.05, 0) is 48.3 Å². The Bertz CT molecular complexity index is 590. The number of benzene rings is 1. The second-order valence-electron chi connectivity index (χ2n) is 6.14. The van der Waals surface area contributed by atoms with E-state index in [2.05, 4.69) is 65.4 Å². The van der Waals surface area contributed by atoms with Crippen LogP contribution in [-0.4, -0.2) is 11.2 Å². The van der Waals surface area contributed by atoms with Crippen molar-refractivity contribution < 1.29 is 5.11 Å². The summed E-state index contributed by atoms with van der Waals surface area (Å²) in [6.45, 7) is 4.55. The van der Waals surface area contributed by atoms with Gasteiger partial charge in [0.2, 0.25) is 0 Å². The van der Waals surface area contributed by atoms with Gasteiger partial charge in [0.1, 0.15) is 0 Å². The minimum atomic E-state index is -0.166. The number of hydrogen-bond donors (Lipinski definition) is 1. The molecule has 1 fully saturated rings.